The van der Waals surface area contributed by atoms with Crippen LogP contribution < -0.4 is 0 Å². The highest BCUT2D eigenvalue weighted by Crippen LogP contribution is 2.17. The summed E-state index contributed by atoms with van der Waals surface area (Å²) in [4.78, 5) is 37.9. The largest absolute Gasteiger partial charge is 0.462 e. The van der Waals surface area contributed by atoms with Crippen molar-refractivity contribution in [1.29, 1.82) is 0 Å². The Bertz CT molecular complexity index is 1170. The molecule has 70 heavy (non-hydrogen) atoms. The Balaban J connectivity index is 3.93. The fourth-order valence-electron chi connectivity index (χ4n) is 9.22. The molecule has 0 saturated heterocycles. The van der Waals surface area contributed by atoms with Crippen molar-refractivity contribution in [3.63, 3.8) is 0 Å². The highest BCUT2D eigenvalue weighted by molar-refractivity contribution is 5.71. The van der Waals surface area contributed by atoms with Gasteiger partial charge in [-0.15, -0.1) is 0 Å². The van der Waals surface area contributed by atoms with Crippen molar-refractivity contribution >= 4 is 17.9 Å². The summed E-state index contributed by atoms with van der Waals surface area (Å²) < 4.78 is 16.8. The predicted molar refractivity (Wildman–Crippen MR) is 302 cm³/mol. The molecule has 0 amide bonds. The van der Waals surface area contributed by atoms with Crippen LogP contribution in [0.4, 0.5) is 0 Å². The van der Waals surface area contributed by atoms with E-state index in [1.807, 2.05) is 0 Å². The summed E-state index contributed by atoms with van der Waals surface area (Å²) in [5.41, 5.74) is 0. The maximum atomic E-state index is 12.8. The minimum absolute atomic E-state index is 0.0662. The van der Waals surface area contributed by atoms with Gasteiger partial charge in [-0.25, -0.2) is 0 Å². The second kappa shape index (κ2) is 59.2. The van der Waals surface area contributed by atoms with Crippen molar-refractivity contribution in [2.24, 2.45) is 0 Å². The summed E-state index contributed by atoms with van der Waals surface area (Å²) in [5.74, 6) is -0.855. The molecule has 0 aromatic carbocycles. The SMILES string of the molecule is CCCCCCC/C=C\C/C=C\C/C=C\CCCCCCCCCCCCCCCCCCCCC(=O)OCC(COC(=O)CCCCCCCCC)OC(=O)CCCCCCCCCCCCCC. The molecule has 410 valence electrons. The monoisotopic (exact) mass is 983 g/mol. The quantitative estimate of drug-likeness (QED) is 0.0261. The summed E-state index contributed by atoms with van der Waals surface area (Å²) in [7, 11) is 0. The second-order valence-corrected chi connectivity index (χ2v) is 21.0. The Morgan fingerprint density at radius 1 is 0.286 bits per heavy atom. The average Bonchev–Trinajstić information content (AvgIpc) is 3.36. The van der Waals surface area contributed by atoms with Crippen LogP contribution in [0.1, 0.15) is 335 Å². The number of carbonyl (C=O) groups is 3. The molecular weight excluding hydrogens is 865 g/mol. The third-order valence-corrected chi connectivity index (χ3v) is 13.9. The zero-order valence-corrected chi connectivity index (χ0v) is 47.1. The number of unbranched alkanes of at least 4 members (excludes halogenated alkanes) is 40. The average molecular weight is 984 g/mol. The molecule has 0 N–H and O–H groups in total. The first kappa shape index (κ1) is 67.6. The molecule has 0 spiro atoms. The lowest BCUT2D eigenvalue weighted by atomic mass is 10.0. The van der Waals surface area contributed by atoms with Gasteiger partial charge in [-0.05, 0) is 57.8 Å². The van der Waals surface area contributed by atoms with Crippen LogP contribution in [0.2, 0.25) is 0 Å². The third kappa shape index (κ3) is 56.5. The van der Waals surface area contributed by atoms with Crippen LogP contribution in [-0.2, 0) is 28.6 Å². The van der Waals surface area contributed by atoms with E-state index in [4.69, 9.17) is 14.2 Å². The number of esters is 3. The first-order chi connectivity index (χ1) is 34.5. The van der Waals surface area contributed by atoms with Crippen LogP contribution in [0.3, 0.4) is 0 Å². The molecule has 0 rings (SSSR count). The lowest BCUT2D eigenvalue weighted by molar-refractivity contribution is -0.167. The van der Waals surface area contributed by atoms with Crippen LogP contribution in [0.15, 0.2) is 36.5 Å². The van der Waals surface area contributed by atoms with E-state index in [0.717, 1.165) is 70.6 Å². The van der Waals surface area contributed by atoms with Gasteiger partial charge in [0.05, 0.1) is 0 Å². The van der Waals surface area contributed by atoms with E-state index in [1.54, 1.807) is 0 Å². The predicted octanol–water partition coefficient (Wildman–Crippen LogP) is 20.8. The van der Waals surface area contributed by atoms with Crippen LogP contribution in [-0.4, -0.2) is 37.2 Å². The molecule has 6 nitrogen and oxygen atoms in total. The van der Waals surface area contributed by atoms with Gasteiger partial charge in [0.2, 0.25) is 0 Å². The maximum absolute atomic E-state index is 12.8. The molecule has 0 saturated carbocycles. The Morgan fingerprint density at radius 3 is 0.800 bits per heavy atom. The Kier molecular flexibility index (Phi) is 57.2. The fraction of sp³-hybridized carbons (Fsp3) is 0.859. The molecule has 6 heteroatoms. The van der Waals surface area contributed by atoms with Crippen molar-refractivity contribution < 1.29 is 28.6 Å². The van der Waals surface area contributed by atoms with Gasteiger partial charge in [-0.3, -0.25) is 14.4 Å². The van der Waals surface area contributed by atoms with E-state index in [9.17, 15) is 14.4 Å². The Morgan fingerprint density at radius 2 is 0.514 bits per heavy atom. The Labute approximate surface area is 435 Å². The molecule has 0 aliphatic heterocycles. The van der Waals surface area contributed by atoms with Gasteiger partial charge >= 0.3 is 17.9 Å². The number of rotatable bonds is 57. The summed E-state index contributed by atoms with van der Waals surface area (Å²) in [6.45, 7) is 6.62. The van der Waals surface area contributed by atoms with E-state index < -0.39 is 6.10 Å². The van der Waals surface area contributed by atoms with E-state index >= 15 is 0 Å². The number of hydrogen-bond acceptors (Lipinski definition) is 6. The maximum Gasteiger partial charge on any atom is 0.306 e. The number of allylic oxidation sites excluding steroid dienone is 6. The minimum Gasteiger partial charge on any atom is -0.462 e. The first-order valence-corrected chi connectivity index (χ1v) is 31.0. The molecule has 1 atom stereocenters. The van der Waals surface area contributed by atoms with Gasteiger partial charge in [0, 0.05) is 19.3 Å². The molecule has 0 radical (unpaired) electrons. The first-order valence-electron chi connectivity index (χ1n) is 31.0. The number of ether oxygens (including phenoxy) is 3. The lowest BCUT2D eigenvalue weighted by Gasteiger charge is -2.18. The van der Waals surface area contributed by atoms with Gasteiger partial charge < -0.3 is 14.2 Å². The zero-order chi connectivity index (χ0) is 50.7. The van der Waals surface area contributed by atoms with Gasteiger partial charge in [0.1, 0.15) is 13.2 Å². The van der Waals surface area contributed by atoms with Crippen molar-refractivity contribution in [3.05, 3.63) is 36.5 Å². The number of hydrogen-bond donors (Lipinski definition) is 0. The molecule has 0 aromatic heterocycles. The van der Waals surface area contributed by atoms with Crippen molar-refractivity contribution in [3.8, 4) is 0 Å². The van der Waals surface area contributed by atoms with E-state index in [1.165, 1.54) is 225 Å². The molecule has 1 unspecified atom stereocenters. The van der Waals surface area contributed by atoms with Crippen molar-refractivity contribution in [2.75, 3.05) is 13.2 Å². The van der Waals surface area contributed by atoms with Crippen LogP contribution in [0, 0.1) is 0 Å². The summed E-state index contributed by atoms with van der Waals surface area (Å²) >= 11 is 0. The van der Waals surface area contributed by atoms with Gasteiger partial charge in [-0.1, -0.05) is 295 Å². The highest BCUT2D eigenvalue weighted by Gasteiger charge is 2.19. The third-order valence-electron chi connectivity index (χ3n) is 13.9. The summed E-state index contributed by atoms with van der Waals surface area (Å²) in [6.07, 6.45) is 71.9. The van der Waals surface area contributed by atoms with Gasteiger partial charge in [0.25, 0.3) is 0 Å². The van der Waals surface area contributed by atoms with Crippen LogP contribution in [0.5, 0.6) is 0 Å². The fourth-order valence-corrected chi connectivity index (χ4v) is 9.22. The Hall–Kier alpha value is -2.37. The molecule has 0 aliphatic carbocycles. The number of carbonyl (C=O) groups excluding carboxylic acids is 3. The summed E-state index contributed by atoms with van der Waals surface area (Å²) in [6, 6.07) is 0. The second-order valence-electron chi connectivity index (χ2n) is 21.0. The molecule has 0 heterocycles. The van der Waals surface area contributed by atoms with Crippen molar-refractivity contribution in [2.45, 2.75) is 341 Å². The normalized spacial score (nSPS) is 12.2. The van der Waals surface area contributed by atoms with Gasteiger partial charge in [0.15, 0.2) is 6.10 Å². The molecule has 0 bridgehead atoms. The topological polar surface area (TPSA) is 78.9 Å². The van der Waals surface area contributed by atoms with E-state index in [0.29, 0.717) is 19.3 Å². The molecule has 0 fully saturated rings. The van der Waals surface area contributed by atoms with Crippen LogP contribution >= 0.6 is 0 Å². The lowest BCUT2D eigenvalue weighted by Crippen LogP contribution is -2.30. The standard InChI is InChI=1S/C64H118O6/c1-4-7-10-13-16-18-20-22-23-24-25-26-27-28-29-30-31-32-33-34-35-36-37-38-39-40-41-42-44-45-48-51-54-57-63(66)69-60-61(59-68-62(65)56-53-50-47-15-12-9-6-3)70-64(67)58-55-52-49-46-43-21-19-17-14-11-8-5-2/h20,22,24-25,27-28,61H,4-19,21,23,26,29-60H2,1-3H3/b22-20-,25-24-,28-27-. The van der Waals surface area contributed by atoms with Gasteiger partial charge in [-0.2, -0.15) is 0 Å². The van der Waals surface area contributed by atoms with Crippen molar-refractivity contribution in [1.82, 2.24) is 0 Å². The molecular formula is C64H118O6. The van der Waals surface area contributed by atoms with Crippen LogP contribution in [0.25, 0.3) is 0 Å². The highest BCUT2D eigenvalue weighted by atomic mass is 16.6. The zero-order valence-electron chi connectivity index (χ0n) is 47.1. The molecule has 0 aliphatic rings. The van der Waals surface area contributed by atoms with E-state index in [-0.39, 0.29) is 31.1 Å². The van der Waals surface area contributed by atoms with E-state index in [2.05, 4.69) is 57.2 Å². The molecule has 0 aromatic rings. The summed E-state index contributed by atoms with van der Waals surface area (Å²) in [5, 5.41) is 0. The smallest absolute Gasteiger partial charge is 0.306 e. The minimum atomic E-state index is -0.763.